The number of hydrogen-bond donors (Lipinski definition) is 2. The van der Waals surface area contributed by atoms with Gasteiger partial charge in [-0.25, -0.2) is 0 Å². The summed E-state index contributed by atoms with van der Waals surface area (Å²) in [6, 6.07) is 9.98. The number of nitrogens with zero attached hydrogens (tertiary/aromatic N) is 1. The van der Waals surface area contributed by atoms with Crippen molar-refractivity contribution in [1.82, 2.24) is 15.5 Å². The second-order valence-corrected chi connectivity index (χ2v) is 6.21. The molecule has 1 heterocycles. The van der Waals surface area contributed by atoms with E-state index in [1.165, 1.54) is 12.8 Å². The third kappa shape index (κ3) is 4.58. The van der Waals surface area contributed by atoms with E-state index < -0.39 is 0 Å². The molecule has 0 radical (unpaired) electrons. The van der Waals surface area contributed by atoms with Crippen molar-refractivity contribution in [2.75, 3.05) is 13.2 Å². The van der Waals surface area contributed by atoms with Crippen LogP contribution in [0.2, 0.25) is 0 Å². The molecule has 0 unspecified atom stereocenters. The van der Waals surface area contributed by atoms with Crippen molar-refractivity contribution in [2.45, 2.75) is 25.7 Å². The topological polar surface area (TPSA) is 67.0 Å². The Labute approximate surface area is 136 Å². The molecule has 0 bridgehead atoms. The Balaban J connectivity index is 1.34. The quantitative estimate of drug-likeness (QED) is 0.861. The number of aromatic amines is 1. The molecule has 122 valence electrons. The normalized spacial score (nSPS) is 20.9. The zero-order valence-electron chi connectivity index (χ0n) is 13.2. The van der Waals surface area contributed by atoms with Gasteiger partial charge in [-0.2, -0.15) is 5.10 Å². The molecular weight excluding hydrogens is 290 g/mol. The summed E-state index contributed by atoms with van der Waals surface area (Å²) >= 11 is 0. The number of carbonyl (C=O) groups is 1. The van der Waals surface area contributed by atoms with E-state index in [-0.39, 0.29) is 5.91 Å². The number of para-hydroxylation sites is 1. The van der Waals surface area contributed by atoms with E-state index in [0.29, 0.717) is 17.4 Å². The molecule has 0 atom stereocenters. The van der Waals surface area contributed by atoms with Crippen LogP contribution in [0.25, 0.3) is 0 Å². The van der Waals surface area contributed by atoms with E-state index in [1.54, 1.807) is 12.4 Å². The number of carbonyl (C=O) groups excluding carboxylic acids is 1. The van der Waals surface area contributed by atoms with Crippen LogP contribution in [0.5, 0.6) is 5.75 Å². The van der Waals surface area contributed by atoms with Gasteiger partial charge in [0.2, 0.25) is 0 Å². The Bertz CT molecular complexity index is 590. The van der Waals surface area contributed by atoms with Crippen LogP contribution in [-0.4, -0.2) is 29.3 Å². The number of ether oxygens (including phenoxy) is 1. The van der Waals surface area contributed by atoms with Crippen LogP contribution in [-0.2, 0) is 0 Å². The fourth-order valence-corrected chi connectivity index (χ4v) is 3.05. The Kier molecular flexibility index (Phi) is 5.29. The van der Waals surface area contributed by atoms with E-state index >= 15 is 0 Å². The second kappa shape index (κ2) is 7.81. The highest BCUT2D eigenvalue weighted by Crippen LogP contribution is 2.29. The number of H-pyrrole nitrogens is 1. The van der Waals surface area contributed by atoms with Crippen LogP contribution >= 0.6 is 0 Å². The SMILES string of the molecule is O=C(NCC1CCC(COc2ccccc2)CC1)c1cn[nH]c1. The smallest absolute Gasteiger partial charge is 0.254 e. The van der Waals surface area contributed by atoms with Crippen molar-refractivity contribution in [3.05, 3.63) is 48.3 Å². The lowest BCUT2D eigenvalue weighted by molar-refractivity contribution is 0.0938. The molecule has 0 aliphatic heterocycles. The lowest BCUT2D eigenvalue weighted by atomic mass is 9.82. The number of amides is 1. The molecule has 0 saturated heterocycles. The first-order valence-electron chi connectivity index (χ1n) is 8.26. The summed E-state index contributed by atoms with van der Waals surface area (Å²) in [6.07, 6.45) is 7.79. The fraction of sp³-hybridized carbons (Fsp3) is 0.444. The van der Waals surface area contributed by atoms with Gasteiger partial charge in [0.05, 0.1) is 18.4 Å². The summed E-state index contributed by atoms with van der Waals surface area (Å²) in [4.78, 5) is 11.9. The van der Waals surface area contributed by atoms with Gasteiger partial charge in [-0.3, -0.25) is 9.89 Å². The fourth-order valence-electron chi connectivity index (χ4n) is 3.05. The highest BCUT2D eigenvalue weighted by atomic mass is 16.5. The van der Waals surface area contributed by atoms with Crippen LogP contribution in [0.1, 0.15) is 36.0 Å². The average Bonchev–Trinajstić information content (AvgIpc) is 3.14. The molecule has 0 spiro atoms. The molecule has 1 aromatic carbocycles. The minimum atomic E-state index is -0.0479. The maximum Gasteiger partial charge on any atom is 0.254 e. The van der Waals surface area contributed by atoms with Gasteiger partial charge in [0.25, 0.3) is 5.91 Å². The van der Waals surface area contributed by atoms with E-state index in [4.69, 9.17) is 4.74 Å². The van der Waals surface area contributed by atoms with Crippen molar-refractivity contribution in [1.29, 1.82) is 0 Å². The van der Waals surface area contributed by atoms with E-state index in [0.717, 1.165) is 31.7 Å². The molecule has 1 fully saturated rings. The summed E-state index contributed by atoms with van der Waals surface area (Å²) < 4.78 is 5.85. The van der Waals surface area contributed by atoms with Gasteiger partial charge in [-0.05, 0) is 49.7 Å². The number of benzene rings is 1. The van der Waals surface area contributed by atoms with Crippen LogP contribution in [0.3, 0.4) is 0 Å². The number of hydrogen-bond acceptors (Lipinski definition) is 3. The lowest BCUT2D eigenvalue weighted by Gasteiger charge is -2.28. The lowest BCUT2D eigenvalue weighted by Crippen LogP contribution is -2.31. The second-order valence-electron chi connectivity index (χ2n) is 6.21. The summed E-state index contributed by atoms with van der Waals surface area (Å²) in [5.41, 5.74) is 0.593. The van der Waals surface area contributed by atoms with Crippen molar-refractivity contribution < 1.29 is 9.53 Å². The average molecular weight is 313 g/mol. The molecule has 1 amide bonds. The maximum atomic E-state index is 11.9. The number of nitrogens with one attached hydrogen (secondary N) is 2. The third-order valence-electron chi connectivity index (χ3n) is 4.51. The molecule has 2 aromatic rings. The van der Waals surface area contributed by atoms with Crippen molar-refractivity contribution in [3.63, 3.8) is 0 Å². The molecule has 23 heavy (non-hydrogen) atoms. The largest absolute Gasteiger partial charge is 0.493 e. The van der Waals surface area contributed by atoms with Crippen LogP contribution in [0.15, 0.2) is 42.7 Å². The number of rotatable bonds is 6. The highest BCUT2D eigenvalue weighted by Gasteiger charge is 2.22. The summed E-state index contributed by atoms with van der Waals surface area (Å²) in [5, 5.41) is 9.45. The van der Waals surface area contributed by atoms with Gasteiger partial charge >= 0.3 is 0 Å². The molecular formula is C18H23N3O2. The van der Waals surface area contributed by atoms with Crippen LogP contribution < -0.4 is 10.1 Å². The predicted octanol–water partition coefficient (Wildman–Crippen LogP) is 3.02. The van der Waals surface area contributed by atoms with Gasteiger partial charge in [0.15, 0.2) is 0 Å². The van der Waals surface area contributed by atoms with Crippen LogP contribution in [0, 0.1) is 11.8 Å². The molecule has 5 heteroatoms. The van der Waals surface area contributed by atoms with Gasteiger partial charge < -0.3 is 10.1 Å². The Morgan fingerprint density at radius 3 is 2.61 bits per heavy atom. The van der Waals surface area contributed by atoms with Crippen LogP contribution in [0.4, 0.5) is 0 Å². The first-order valence-corrected chi connectivity index (χ1v) is 8.26. The first-order chi connectivity index (χ1) is 11.3. The van der Waals surface area contributed by atoms with E-state index in [1.807, 2.05) is 30.3 Å². The summed E-state index contributed by atoms with van der Waals surface area (Å²) in [6.45, 7) is 1.54. The number of aromatic nitrogens is 2. The predicted molar refractivity (Wildman–Crippen MR) is 88.3 cm³/mol. The minimum absolute atomic E-state index is 0.0479. The molecule has 1 saturated carbocycles. The molecule has 2 N–H and O–H groups in total. The first kappa shape index (κ1) is 15.6. The zero-order valence-corrected chi connectivity index (χ0v) is 13.2. The Morgan fingerprint density at radius 1 is 1.17 bits per heavy atom. The summed E-state index contributed by atoms with van der Waals surface area (Å²) in [5.74, 6) is 2.09. The molecule has 5 nitrogen and oxygen atoms in total. The van der Waals surface area contributed by atoms with Gasteiger partial charge in [-0.15, -0.1) is 0 Å². The standard InChI is InChI=1S/C18H23N3O2/c22-18(16-11-20-21-12-16)19-10-14-6-8-15(9-7-14)13-23-17-4-2-1-3-5-17/h1-5,11-12,14-15H,6-10,13H2,(H,19,22)(H,20,21). The van der Waals surface area contributed by atoms with Crippen molar-refractivity contribution in [2.24, 2.45) is 11.8 Å². The van der Waals surface area contributed by atoms with Crippen molar-refractivity contribution >= 4 is 5.91 Å². The summed E-state index contributed by atoms with van der Waals surface area (Å²) in [7, 11) is 0. The highest BCUT2D eigenvalue weighted by molar-refractivity contribution is 5.93. The van der Waals surface area contributed by atoms with E-state index in [2.05, 4.69) is 15.5 Å². The van der Waals surface area contributed by atoms with Gasteiger partial charge in [0, 0.05) is 12.7 Å². The van der Waals surface area contributed by atoms with Gasteiger partial charge in [0.1, 0.15) is 5.75 Å². The Hall–Kier alpha value is -2.30. The monoisotopic (exact) mass is 313 g/mol. The molecule has 1 aliphatic rings. The molecule has 1 aromatic heterocycles. The zero-order chi connectivity index (χ0) is 15.9. The van der Waals surface area contributed by atoms with Crippen molar-refractivity contribution in [3.8, 4) is 5.75 Å². The third-order valence-corrected chi connectivity index (χ3v) is 4.51. The maximum absolute atomic E-state index is 11.9. The Morgan fingerprint density at radius 2 is 1.91 bits per heavy atom. The molecule has 1 aliphatic carbocycles. The minimum Gasteiger partial charge on any atom is -0.493 e. The van der Waals surface area contributed by atoms with E-state index in [9.17, 15) is 4.79 Å². The molecule has 3 rings (SSSR count). The van der Waals surface area contributed by atoms with Gasteiger partial charge in [-0.1, -0.05) is 18.2 Å².